The monoisotopic (exact) mass is 361 g/mol. The number of aromatic nitrogens is 2. The first-order chi connectivity index (χ1) is 12.1. The highest BCUT2D eigenvalue weighted by atomic mass is 32.2. The van der Waals surface area contributed by atoms with E-state index in [4.69, 9.17) is 9.15 Å². The first kappa shape index (κ1) is 17.8. The van der Waals surface area contributed by atoms with Gasteiger partial charge in [-0.1, -0.05) is 11.8 Å². The molecule has 0 N–H and O–H groups in total. The number of thioether (sulfide) groups is 1. The van der Waals surface area contributed by atoms with Crippen LogP contribution in [0.4, 0.5) is 0 Å². The molecular formula is C18H23N3O3S. The largest absolute Gasteiger partial charge is 0.497 e. The van der Waals surface area contributed by atoms with E-state index in [2.05, 4.69) is 24.0 Å². The normalized spacial score (nSPS) is 20.5. The molecule has 1 aliphatic heterocycles. The van der Waals surface area contributed by atoms with Crippen LogP contribution in [-0.2, 0) is 4.79 Å². The maximum Gasteiger partial charge on any atom is 0.277 e. The molecule has 2 heterocycles. The molecule has 1 aromatic heterocycles. The van der Waals surface area contributed by atoms with Gasteiger partial charge < -0.3 is 14.1 Å². The fourth-order valence-corrected chi connectivity index (χ4v) is 3.86. The Kier molecular flexibility index (Phi) is 5.63. The third-order valence-electron chi connectivity index (χ3n) is 4.54. The average molecular weight is 361 g/mol. The second-order valence-electron chi connectivity index (χ2n) is 6.32. The van der Waals surface area contributed by atoms with Gasteiger partial charge in [-0.3, -0.25) is 4.79 Å². The molecule has 0 unspecified atom stereocenters. The Labute approximate surface area is 151 Å². The van der Waals surface area contributed by atoms with Gasteiger partial charge >= 0.3 is 0 Å². The van der Waals surface area contributed by atoms with Gasteiger partial charge in [-0.25, -0.2) is 0 Å². The molecule has 0 aliphatic carbocycles. The molecule has 0 spiro atoms. The Bertz CT molecular complexity index is 707. The molecule has 2 atom stereocenters. The molecule has 1 aliphatic rings. The van der Waals surface area contributed by atoms with Crippen molar-refractivity contribution in [1.29, 1.82) is 0 Å². The number of rotatable bonds is 5. The number of ether oxygens (including phenoxy) is 1. The molecule has 1 saturated heterocycles. The Morgan fingerprint density at radius 2 is 1.92 bits per heavy atom. The minimum atomic E-state index is 0.133. The summed E-state index contributed by atoms with van der Waals surface area (Å²) in [5, 5.41) is 8.51. The summed E-state index contributed by atoms with van der Waals surface area (Å²) in [6, 6.07) is 8.01. The Hall–Kier alpha value is -2.02. The highest BCUT2D eigenvalue weighted by Gasteiger charge is 2.29. The van der Waals surface area contributed by atoms with Gasteiger partial charge in [0.15, 0.2) is 0 Å². The van der Waals surface area contributed by atoms with E-state index in [1.807, 2.05) is 29.2 Å². The number of amides is 1. The number of likely N-dealkylation sites (tertiary alicyclic amines) is 1. The number of piperidine rings is 1. The molecule has 1 aromatic carbocycles. The molecule has 1 fully saturated rings. The molecular weight excluding hydrogens is 338 g/mol. The quantitative estimate of drug-likeness (QED) is 0.758. The van der Waals surface area contributed by atoms with Crippen molar-refractivity contribution in [2.75, 3.05) is 12.9 Å². The maximum absolute atomic E-state index is 12.5. The van der Waals surface area contributed by atoms with E-state index in [0.29, 0.717) is 29.0 Å². The molecule has 0 radical (unpaired) electrons. The van der Waals surface area contributed by atoms with Crippen LogP contribution in [0.15, 0.2) is 33.9 Å². The van der Waals surface area contributed by atoms with Crippen LogP contribution in [0.5, 0.6) is 5.75 Å². The lowest BCUT2D eigenvalue weighted by molar-refractivity contribution is -0.134. The Morgan fingerprint density at radius 1 is 1.24 bits per heavy atom. The maximum atomic E-state index is 12.5. The summed E-state index contributed by atoms with van der Waals surface area (Å²) in [4.78, 5) is 14.5. The number of carbonyl (C=O) groups excluding carboxylic acids is 1. The highest BCUT2D eigenvalue weighted by molar-refractivity contribution is 7.99. The average Bonchev–Trinajstić information content (AvgIpc) is 3.09. The predicted octanol–water partition coefficient (Wildman–Crippen LogP) is 3.63. The SMILES string of the molecule is COc1ccc(-c2nnc(SCC(=O)N3[C@@H](C)CCC[C@@H]3C)o2)cc1. The van der Waals surface area contributed by atoms with E-state index in [9.17, 15) is 4.79 Å². The van der Waals surface area contributed by atoms with Crippen molar-refractivity contribution in [3.63, 3.8) is 0 Å². The first-order valence-electron chi connectivity index (χ1n) is 8.50. The lowest BCUT2D eigenvalue weighted by Gasteiger charge is -2.39. The minimum absolute atomic E-state index is 0.133. The van der Waals surface area contributed by atoms with Crippen LogP contribution in [0, 0.1) is 0 Å². The van der Waals surface area contributed by atoms with E-state index in [0.717, 1.165) is 24.2 Å². The van der Waals surface area contributed by atoms with Crippen molar-refractivity contribution >= 4 is 17.7 Å². The predicted molar refractivity (Wildman–Crippen MR) is 96.6 cm³/mol. The van der Waals surface area contributed by atoms with Crippen LogP contribution < -0.4 is 4.74 Å². The topological polar surface area (TPSA) is 68.5 Å². The lowest BCUT2D eigenvalue weighted by atomic mass is 9.98. The minimum Gasteiger partial charge on any atom is -0.497 e. The van der Waals surface area contributed by atoms with E-state index in [-0.39, 0.29) is 5.91 Å². The molecule has 134 valence electrons. The molecule has 2 aromatic rings. The zero-order valence-electron chi connectivity index (χ0n) is 14.8. The van der Waals surface area contributed by atoms with Crippen molar-refractivity contribution in [3.8, 4) is 17.2 Å². The van der Waals surface area contributed by atoms with E-state index >= 15 is 0 Å². The third kappa shape index (κ3) is 4.15. The molecule has 25 heavy (non-hydrogen) atoms. The van der Waals surface area contributed by atoms with Crippen LogP contribution in [0.3, 0.4) is 0 Å². The van der Waals surface area contributed by atoms with Gasteiger partial charge in [-0.05, 0) is 57.4 Å². The summed E-state index contributed by atoms with van der Waals surface area (Å²) in [5.41, 5.74) is 0.824. The Morgan fingerprint density at radius 3 is 2.56 bits per heavy atom. The highest BCUT2D eigenvalue weighted by Crippen LogP contribution is 2.27. The molecule has 7 heteroatoms. The van der Waals surface area contributed by atoms with Gasteiger partial charge in [0.25, 0.3) is 5.22 Å². The van der Waals surface area contributed by atoms with Crippen molar-refractivity contribution in [3.05, 3.63) is 24.3 Å². The van der Waals surface area contributed by atoms with Gasteiger partial charge in [0.05, 0.1) is 12.9 Å². The third-order valence-corrected chi connectivity index (χ3v) is 5.35. The first-order valence-corrected chi connectivity index (χ1v) is 9.49. The van der Waals surface area contributed by atoms with E-state index in [1.54, 1.807) is 7.11 Å². The number of hydrogen-bond donors (Lipinski definition) is 0. The molecule has 1 amide bonds. The summed E-state index contributed by atoms with van der Waals surface area (Å²) in [6.45, 7) is 4.24. The standard InChI is InChI=1S/C18H23N3O3S/c1-12-5-4-6-13(2)21(12)16(22)11-25-18-20-19-17(24-18)14-7-9-15(23-3)10-8-14/h7-10,12-13H,4-6,11H2,1-3H3/t12-,13-/m0/s1. The zero-order chi connectivity index (χ0) is 17.8. The fraction of sp³-hybridized carbons (Fsp3) is 0.500. The van der Waals surface area contributed by atoms with E-state index < -0.39 is 0 Å². The smallest absolute Gasteiger partial charge is 0.277 e. The summed E-state index contributed by atoms with van der Waals surface area (Å²) >= 11 is 1.29. The van der Waals surface area contributed by atoms with Gasteiger partial charge in [0, 0.05) is 17.6 Å². The summed E-state index contributed by atoms with van der Waals surface area (Å²) in [6.07, 6.45) is 3.33. The number of nitrogens with zero attached hydrogens (tertiary/aromatic N) is 3. The second-order valence-corrected chi connectivity index (χ2v) is 7.25. The van der Waals surface area contributed by atoms with Crippen molar-refractivity contribution in [2.24, 2.45) is 0 Å². The Balaban J connectivity index is 1.60. The van der Waals surface area contributed by atoms with Gasteiger partial charge in [-0.15, -0.1) is 10.2 Å². The number of methoxy groups -OCH3 is 1. The molecule has 6 nitrogen and oxygen atoms in total. The van der Waals surface area contributed by atoms with Crippen LogP contribution in [0.2, 0.25) is 0 Å². The van der Waals surface area contributed by atoms with Crippen LogP contribution in [-0.4, -0.2) is 46.0 Å². The molecule has 3 rings (SSSR count). The number of hydrogen-bond acceptors (Lipinski definition) is 6. The van der Waals surface area contributed by atoms with Crippen LogP contribution >= 0.6 is 11.8 Å². The molecule has 0 bridgehead atoms. The van der Waals surface area contributed by atoms with Crippen molar-refractivity contribution in [2.45, 2.75) is 50.4 Å². The summed E-state index contributed by atoms with van der Waals surface area (Å²) in [7, 11) is 1.62. The van der Waals surface area contributed by atoms with Crippen molar-refractivity contribution < 1.29 is 13.9 Å². The fourth-order valence-electron chi connectivity index (χ4n) is 3.23. The summed E-state index contributed by atoms with van der Waals surface area (Å²) < 4.78 is 10.8. The van der Waals surface area contributed by atoms with Crippen LogP contribution in [0.25, 0.3) is 11.5 Å². The lowest BCUT2D eigenvalue weighted by Crippen LogP contribution is -2.48. The van der Waals surface area contributed by atoms with Crippen molar-refractivity contribution in [1.82, 2.24) is 15.1 Å². The van der Waals surface area contributed by atoms with Gasteiger partial charge in [0.2, 0.25) is 11.8 Å². The summed E-state index contributed by atoms with van der Waals surface area (Å²) in [5.74, 6) is 1.67. The molecule has 0 saturated carbocycles. The van der Waals surface area contributed by atoms with E-state index in [1.165, 1.54) is 18.2 Å². The number of carbonyl (C=O) groups is 1. The van der Waals surface area contributed by atoms with Gasteiger partial charge in [-0.2, -0.15) is 0 Å². The second kappa shape index (κ2) is 7.91. The number of benzene rings is 1. The van der Waals surface area contributed by atoms with Gasteiger partial charge in [0.1, 0.15) is 5.75 Å². The zero-order valence-corrected chi connectivity index (χ0v) is 15.6. The van der Waals surface area contributed by atoms with Crippen LogP contribution in [0.1, 0.15) is 33.1 Å².